The van der Waals surface area contributed by atoms with E-state index in [1.165, 1.54) is 4.88 Å². The molecule has 0 fully saturated rings. The Kier molecular flexibility index (Phi) is 5.80. The fourth-order valence-corrected chi connectivity index (χ4v) is 5.23. The number of fused-ring (bicyclic) bond motifs is 2. The highest BCUT2D eigenvalue weighted by atomic mass is 32.1. The van der Waals surface area contributed by atoms with Crippen LogP contribution in [0.2, 0.25) is 0 Å². The standard InChI is InChI=1S/C22H23N3O2S2/c1-3-27-21(26)19-16-11-12-25(2)13-18(16)29-20(19)24-22(28)23-17-10-6-8-14-7-4-5-9-15(14)17/h4-10H,3,11-13H2,1-2H3,(H2,23,24,28). The zero-order valence-electron chi connectivity index (χ0n) is 16.5. The molecular formula is C22H23N3O2S2. The molecule has 1 aliphatic rings. The molecule has 0 saturated heterocycles. The minimum atomic E-state index is -0.287. The maximum absolute atomic E-state index is 12.7. The summed E-state index contributed by atoms with van der Waals surface area (Å²) < 4.78 is 5.33. The van der Waals surface area contributed by atoms with Crippen molar-refractivity contribution in [2.24, 2.45) is 0 Å². The van der Waals surface area contributed by atoms with Crippen LogP contribution < -0.4 is 10.6 Å². The lowest BCUT2D eigenvalue weighted by Crippen LogP contribution is -2.26. The fourth-order valence-electron chi connectivity index (χ4n) is 3.63. The largest absolute Gasteiger partial charge is 0.462 e. The Labute approximate surface area is 179 Å². The van der Waals surface area contributed by atoms with E-state index >= 15 is 0 Å². The Hall–Kier alpha value is -2.48. The van der Waals surface area contributed by atoms with Crippen molar-refractivity contribution in [3.63, 3.8) is 0 Å². The molecule has 0 aliphatic carbocycles. The summed E-state index contributed by atoms with van der Waals surface area (Å²) in [6.45, 7) is 3.93. The van der Waals surface area contributed by atoms with E-state index in [2.05, 4.69) is 40.8 Å². The molecule has 0 amide bonds. The molecule has 0 saturated carbocycles. The van der Waals surface area contributed by atoms with E-state index in [9.17, 15) is 4.79 Å². The number of esters is 1. The van der Waals surface area contributed by atoms with Crippen LogP contribution in [0, 0.1) is 0 Å². The predicted octanol–water partition coefficient (Wildman–Crippen LogP) is 4.87. The van der Waals surface area contributed by atoms with Gasteiger partial charge in [-0.05, 0) is 49.6 Å². The number of benzene rings is 2. The van der Waals surface area contributed by atoms with Crippen LogP contribution in [-0.2, 0) is 17.7 Å². The average Bonchev–Trinajstić information content (AvgIpc) is 3.05. The molecule has 2 aromatic carbocycles. The second kappa shape index (κ2) is 8.49. The van der Waals surface area contributed by atoms with Crippen molar-refractivity contribution in [3.8, 4) is 0 Å². The molecule has 29 heavy (non-hydrogen) atoms. The van der Waals surface area contributed by atoms with Crippen molar-refractivity contribution < 1.29 is 9.53 Å². The molecule has 0 spiro atoms. The van der Waals surface area contributed by atoms with Crippen LogP contribution in [0.15, 0.2) is 42.5 Å². The Morgan fingerprint density at radius 1 is 1.21 bits per heavy atom. The highest BCUT2D eigenvalue weighted by molar-refractivity contribution is 7.80. The van der Waals surface area contributed by atoms with Crippen molar-refractivity contribution in [2.45, 2.75) is 19.9 Å². The molecule has 0 atom stereocenters. The number of carbonyl (C=O) groups is 1. The van der Waals surface area contributed by atoms with Crippen LogP contribution in [0.1, 0.15) is 27.7 Å². The third kappa shape index (κ3) is 4.12. The summed E-state index contributed by atoms with van der Waals surface area (Å²) in [5, 5.41) is 9.98. The van der Waals surface area contributed by atoms with Crippen LogP contribution in [0.5, 0.6) is 0 Å². The molecule has 2 heterocycles. The number of thiophene rings is 1. The Morgan fingerprint density at radius 2 is 2.00 bits per heavy atom. The summed E-state index contributed by atoms with van der Waals surface area (Å²) in [6.07, 6.45) is 0.835. The van der Waals surface area contributed by atoms with Crippen LogP contribution >= 0.6 is 23.6 Å². The number of hydrogen-bond donors (Lipinski definition) is 2. The number of thiocarbonyl (C=S) groups is 1. The van der Waals surface area contributed by atoms with Crippen LogP contribution in [0.3, 0.4) is 0 Å². The fraction of sp³-hybridized carbons (Fsp3) is 0.273. The highest BCUT2D eigenvalue weighted by Gasteiger charge is 2.28. The van der Waals surface area contributed by atoms with E-state index in [0.717, 1.165) is 46.5 Å². The van der Waals surface area contributed by atoms with E-state index < -0.39 is 0 Å². The Balaban J connectivity index is 1.61. The Bertz CT molecular complexity index is 1070. The molecule has 7 heteroatoms. The van der Waals surface area contributed by atoms with Crippen molar-refractivity contribution in [2.75, 3.05) is 30.8 Å². The minimum Gasteiger partial charge on any atom is -0.462 e. The van der Waals surface area contributed by atoms with E-state index in [-0.39, 0.29) is 5.97 Å². The number of ether oxygens (including phenoxy) is 1. The molecular weight excluding hydrogens is 402 g/mol. The van der Waals surface area contributed by atoms with Crippen LogP contribution in [-0.4, -0.2) is 36.2 Å². The van der Waals surface area contributed by atoms with Crippen LogP contribution in [0.25, 0.3) is 10.8 Å². The third-order valence-electron chi connectivity index (χ3n) is 4.99. The SMILES string of the molecule is CCOC(=O)c1c(NC(=S)Nc2cccc3ccccc23)sc2c1CCN(C)C2. The highest BCUT2D eigenvalue weighted by Crippen LogP contribution is 2.37. The van der Waals surface area contributed by atoms with E-state index in [1.54, 1.807) is 11.3 Å². The van der Waals surface area contributed by atoms with Gasteiger partial charge in [-0.2, -0.15) is 0 Å². The van der Waals surface area contributed by atoms with Gasteiger partial charge in [-0.3, -0.25) is 0 Å². The first kappa shape index (κ1) is 19.8. The molecule has 150 valence electrons. The maximum Gasteiger partial charge on any atom is 0.341 e. The van der Waals surface area contributed by atoms with Crippen molar-refractivity contribution in [1.29, 1.82) is 0 Å². The van der Waals surface area contributed by atoms with Gasteiger partial charge in [0.05, 0.1) is 12.2 Å². The topological polar surface area (TPSA) is 53.6 Å². The molecule has 2 N–H and O–H groups in total. The first-order valence-corrected chi connectivity index (χ1v) is 10.8. The first-order valence-electron chi connectivity index (χ1n) is 9.62. The summed E-state index contributed by atoms with van der Waals surface area (Å²) in [6, 6.07) is 14.2. The smallest absolute Gasteiger partial charge is 0.341 e. The second-order valence-electron chi connectivity index (χ2n) is 7.02. The zero-order chi connectivity index (χ0) is 20.4. The molecule has 0 radical (unpaired) electrons. The number of anilines is 2. The van der Waals surface area contributed by atoms with Gasteiger partial charge in [0.1, 0.15) is 5.00 Å². The summed E-state index contributed by atoms with van der Waals surface area (Å²) in [4.78, 5) is 16.1. The van der Waals surface area contributed by atoms with Gasteiger partial charge in [0.25, 0.3) is 0 Å². The monoisotopic (exact) mass is 425 g/mol. The van der Waals surface area contributed by atoms with E-state index in [4.69, 9.17) is 17.0 Å². The van der Waals surface area contributed by atoms with Gasteiger partial charge in [-0.25, -0.2) is 4.79 Å². The quantitative estimate of drug-likeness (QED) is 0.459. The molecule has 0 unspecified atom stereocenters. The number of nitrogens with one attached hydrogen (secondary N) is 2. The molecule has 4 rings (SSSR count). The third-order valence-corrected chi connectivity index (χ3v) is 6.33. The lowest BCUT2D eigenvalue weighted by Gasteiger charge is -2.22. The van der Waals surface area contributed by atoms with Gasteiger partial charge in [0, 0.05) is 29.0 Å². The number of rotatable bonds is 4. The number of carbonyl (C=O) groups excluding carboxylic acids is 1. The van der Waals surface area contributed by atoms with Crippen molar-refractivity contribution >= 4 is 56.1 Å². The summed E-state index contributed by atoms with van der Waals surface area (Å²) in [5.41, 5.74) is 2.64. The van der Waals surface area contributed by atoms with Crippen LogP contribution in [0.4, 0.5) is 10.7 Å². The van der Waals surface area contributed by atoms with Crippen molar-refractivity contribution in [1.82, 2.24) is 4.90 Å². The average molecular weight is 426 g/mol. The van der Waals surface area contributed by atoms with Gasteiger partial charge in [-0.15, -0.1) is 11.3 Å². The Morgan fingerprint density at radius 3 is 2.83 bits per heavy atom. The zero-order valence-corrected chi connectivity index (χ0v) is 18.1. The summed E-state index contributed by atoms with van der Waals surface area (Å²) >= 11 is 7.16. The first-order chi connectivity index (χ1) is 14.1. The number of nitrogens with zero attached hydrogens (tertiary/aromatic N) is 1. The predicted molar refractivity (Wildman–Crippen MR) is 124 cm³/mol. The molecule has 3 aromatic rings. The number of hydrogen-bond acceptors (Lipinski definition) is 5. The normalized spacial score (nSPS) is 13.7. The van der Waals surface area contributed by atoms with Gasteiger partial charge in [0.2, 0.25) is 0 Å². The number of likely N-dealkylation sites (N-methyl/N-ethyl adjacent to an activating group) is 1. The minimum absolute atomic E-state index is 0.287. The molecule has 1 aromatic heterocycles. The van der Waals surface area contributed by atoms with Gasteiger partial charge in [-0.1, -0.05) is 36.4 Å². The van der Waals surface area contributed by atoms with Crippen molar-refractivity contribution in [3.05, 3.63) is 58.5 Å². The molecule has 5 nitrogen and oxygen atoms in total. The lowest BCUT2D eigenvalue weighted by molar-refractivity contribution is 0.0526. The second-order valence-corrected chi connectivity index (χ2v) is 8.54. The summed E-state index contributed by atoms with van der Waals surface area (Å²) in [7, 11) is 2.09. The van der Waals surface area contributed by atoms with E-state index in [0.29, 0.717) is 17.3 Å². The molecule has 0 bridgehead atoms. The van der Waals surface area contributed by atoms with Gasteiger partial charge in [0.15, 0.2) is 5.11 Å². The molecule has 1 aliphatic heterocycles. The summed E-state index contributed by atoms with van der Waals surface area (Å²) in [5.74, 6) is -0.287. The van der Waals surface area contributed by atoms with Gasteiger partial charge >= 0.3 is 5.97 Å². The lowest BCUT2D eigenvalue weighted by atomic mass is 10.0. The maximum atomic E-state index is 12.7. The van der Waals surface area contributed by atoms with E-state index in [1.807, 2.05) is 31.2 Å². The van der Waals surface area contributed by atoms with Gasteiger partial charge < -0.3 is 20.3 Å².